The van der Waals surface area contributed by atoms with Crippen LogP contribution >= 0.6 is 0 Å². The minimum absolute atomic E-state index is 0.0521. The van der Waals surface area contributed by atoms with Gasteiger partial charge >= 0.3 is 23.9 Å². The maximum Gasteiger partial charge on any atom is 0.338 e. The second-order valence-electron chi connectivity index (χ2n) is 8.26. The molecular weight excluding hydrogens is 440 g/mol. The zero-order chi connectivity index (χ0) is 26.2. The summed E-state index contributed by atoms with van der Waals surface area (Å²) in [6.45, 7) is 14.2. The summed E-state index contributed by atoms with van der Waals surface area (Å²) in [5, 5.41) is 0. The predicted octanol–water partition coefficient (Wildman–Crippen LogP) is 5.49. The summed E-state index contributed by atoms with van der Waals surface area (Å²) in [4.78, 5) is 48.6. The monoisotopic (exact) mass is 474 g/mol. The summed E-state index contributed by atoms with van der Waals surface area (Å²) < 4.78 is 22.0. The van der Waals surface area contributed by atoms with Gasteiger partial charge in [-0.25, -0.2) is 4.79 Å². The first-order chi connectivity index (χ1) is 15.8. The molecule has 0 unspecified atom stereocenters. The lowest BCUT2D eigenvalue weighted by Crippen LogP contribution is -2.18. The van der Waals surface area contributed by atoms with Crippen molar-refractivity contribution < 1.29 is 38.1 Å². The fraction of sp³-hybridized carbons (Fsp3) is 0.462. The molecule has 186 valence electrons. The molecule has 0 bridgehead atoms. The van der Waals surface area contributed by atoms with E-state index < -0.39 is 23.9 Å². The molecule has 0 N–H and O–H groups in total. The maximum atomic E-state index is 12.6. The van der Waals surface area contributed by atoms with E-state index in [1.165, 1.54) is 27.7 Å². The van der Waals surface area contributed by atoms with E-state index in [1.807, 2.05) is 26.8 Å². The molecule has 0 aliphatic heterocycles. The molecule has 1 aromatic rings. The van der Waals surface area contributed by atoms with Crippen LogP contribution in [0.3, 0.4) is 0 Å². The first-order valence-corrected chi connectivity index (χ1v) is 11.0. The highest BCUT2D eigenvalue weighted by Gasteiger charge is 2.33. The van der Waals surface area contributed by atoms with Crippen LogP contribution in [0.25, 0.3) is 0 Å². The molecule has 0 saturated carbocycles. The third kappa shape index (κ3) is 7.86. The standard InChI is InChI=1S/C26H34O8/c1-10-15(4)26(30)34-23-17(6)22(31-18(7)27)24(32-19(8)28)21(25(23)33-20(9)29)16(5)13-11-12-14(2)3/h10,12,16H,11,13H2,1-9H3/b15-10-/t16-/m1/s1. The van der Waals surface area contributed by atoms with Crippen LogP contribution in [0.15, 0.2) is 23.3 Å². The summed E-state index contributed by atoms with van der Waals surface area (Å²) in [7, 11) is 0. The molecule has 0 aromatic heterocycles. The van der Waals surface area contributed by atoms with E-state index in [0.717, 1.165) is 5.57 Å². The number of ether oxygens (including phenoxy) is 4. The van der Waals surface area contributed by atoms with Crippen molar-refractivity contribution in [2.24, 2.45) is 0 Å². The number of hydrogen-bond donors (Lipinski definition) is 0. The number of hydrogen-bond acceptors (Lipinski definition) is 8. The van der Waals surface area contributed by atoms with Gasteiger partial charge in [0.25, 0.3) is 0 Å². The number of esters is 4. The summed E-state index contributed by atoms with van der Waals surface area (Å²) in [6, 6.07) is 0. The van der Waals surface area contributed by atoms with Crippen LogP contribution in [-0.2, 0) is 19.2 Å². The van der Waals surface area contributed by atoms with E-state index in [2.05, 4.69) is 0 Å². The Morgan fingerprint density at radius 3 is 1.62 bits per heavy atom. The second-order valence-corrected chi connectivity index (χ2v) is 8.26. The topological polar surface area (TPSA) is 105 Å². The molecule has 1 rings (SSSR count). The lowest BCUT2D eigenvalue weighted by Gasteiger charge is -2.25. The van der Waals surface area contributed by atoms with Crippen LogP contribution in [0, 0.1) is 6.92 Å². The van der Waals surface area contributed by atoms with Crippen LogP contribution in [0.4, 0.5) is 0 Å². The minimum Gasteiger partial charge on any atom is -0.422 e. The van der Waals surface area contributed by atoms with E-state index in [0.29, 0.717) is 18.4 Å². The quantitative estimate of drug-likeness (QED) is 0.200. The minimum atomic E-state index is -0.670. The molecule has 0 radical (unpaired) electrons. The van der Waals surface area contributed by atoms with Crippen LogP contribution in [0.1, 0.15) is 85.3 Å². The summed E-state index contributed by atoms with van der Waals surface area (Å²) >= 11 is 0. The highest BCUT2D eigenvalue weighted by atomic mass is 16.6. The van der Waals surface area contributed by atoms with Crippen molar-refractivity contribution in [3.8, 4) is 23.0 Å². The van der Waals surface area contributed by atoms with Crippen molar-refractivity contribution in [2.45, 2.75) is 81.1 Å². The number of carbonyl (C=O) groups excluding carboxylic acids is 4. The van der Waals surface area contributed by atoms with Gasteiger partial charge in [-0.15, -0.1) is 0 Å². The van der Waals surface area contributed by atoms with Crippen LogP contribution < -0.4 is 18.9 Å². The molecule has 34 heavy (non-hydrogen) atoms. The van der Waals surface area contributed by atoms with Gasteiger partial charge in [0.2, 0.25) is 0 Å². The van der Waals surface area contributed by atoms with E-state index in [-0.39, 0.29) is 40.0 Å². The van der Waals surface area contributed by atoms with E-state index in [9.17, 15) is 19.2 Å². The Bertz CT molecular complexity index is 1030. The Labute approximate surface area is 200 Å². The van der Waals surface area contributed by atoms with Crippen molar-refractivity contribution in [1.82, 2.24) is 0 Å². The number of rotatable bonds is 9. The Morgan fingerprint density at radius 2 is 1.21 bits per heavy atom. The SMILES string of the molecule is C/C=C(/C)C(=O)Oc1c(C)c(OC(C)=O)c(OC(C)=O)c([C@H](C)CCC=C(C)C)c1OC(C)=O. The zero-order valence-electron chi connectivity index (χ0n) is 21.4. The fourth-order valence-electron chi connectivity index (χ4n) is 3.18. The number of benzene rings is 1. The average Bonchev–Trinajstić information content (AvgIpc) is 2.71. The summed E-state index contributed by atoms with van der Waals surface area (Å²) in [5.74, 6) is -3.27. The fourth-order valence-corrected chi connectivity index (χ4v) is 3.18. The molecule has 0 aliphatic carbocycles. The molecular formula is C26H34O8. The van der Waals surface area contributed by atoms with Crippen molar-refractivity contribution in [2.75, 3.05) is 0 Å². The van der Waals surface area contributed by atoms with E-state index in [4.69, 9.17) is 18.9 Å². The van der Waals surface area contributed by atoms with Gasteiger partial charge in [-0.2, -0.15) is 0 Å². The Kier molecular flexibility index (Phi) is 10.7. The lowest BCUT2D eigenvalue weighted by molar-refractivity contribution is -0.135. The van der Waals surface area contributed by atoms with Gasteiger partial charge in [-0.3, -0.25) is 14.4 Å². The molecule has 8 nitrogen and oxygen atoms in total. The molecule has 0 amide bonds. The van der Waals surface area contributed by atoms with Crippen LogP contribution in [-0.4, -0.2) is 23.9 Å². The molecule has 0 aliphatic rings. The average molecular weight is 475 g/mol. The van der Waals surface area contributed by atoms with Gasteiger partial charge < -0.3 is 18.9 Å². The highest BCUT2D eigenvalue weighted by molar-refractivity contribution is 5.91. The summed E-state index contributed by atoms with van der Waals surface area (Å²) in [6.07, 6.45) is 4.89. The summed E-state index contributed by atoms with van der Waals surface area (Å²) in [5.41, 5.74) is 1.91. The largest absolute Gasteiger partial charge is 0.422 e. The Balaban J connectivity index is 4.02. The molecule has 1 aromatic carbocycles. The molecule has 1 atom stereocenters. The first-order valence-electron chi connectivity index (χ1n) is 11.0. The van der Waals surface area contributed by atoms with Gasteiger partial charge in [0.15, 0.2) is 23.0 Å². The van der Waals surface area contributed by atoms with Crippen molar-refractivity contribution in [3.63, 3.8) is 0 Å². The van der Waals surface area contributed by atoms with Gasteiger partial charge in [0.1, 0.15) is 0 Å². The van der Waals surface area contributed by atoms with E-state index in [1.54, 1.807) is 19.9 Å². The maximum absolute atomic E-state index is 12.6. The number of carbonyl (C=O) groups is 4. The van der Waals surface area contributed by atoms with Gasteiger partial charge in [-0.1, -0.05) is 24.6 Å². The van der Waals surface area contributed by atoms with Gasteiger partial charge in [0.05, 0.1) is 0 Å². The number of allylic oxidation sites excluding steroid dienone is 3. The third-order valence-electron chi connectivity index (χ3n) is 4.92. The second kappa shape index (κ2) is 12.7. The van der Waals surface area contributed by atoms with Gasteiger partial charge in [-0.05, 0) is 53.4 Å². The predicted molar refractivity (Wildman–Crippen MR) is 127 cm³/mol. The lowest BCUT2D eigenvalue weighted by atomic mass is 9.91. The van der Waals surface area contributed by atoms with Gasteiger partial charge in [0, 0.05) is 37.5 Å². The van der Waals surface area contributed by atoms with Crippen molar-refractivity contribution in [3.05, 3.63) is 34.4 Å². The highest BCUT2D eigenvalue weighted by Crippen LogP contribution is 2.52. The molecule has 8 heteroatoms. The first kappa shape index (κ1) is 28.6. The zero-order valence-corrected chi connectivity index (χ0v) is 21.4. The molecule has 0 spiro atoms. The Hall–Kier alpha value is -3.42. The Morgan fingerprint density at radius 1 is 0.765 bits per heavy atom. The normalized spacial score (nSPS) is 11.9. The van der Waals surface area contributed by atoms with Crippen molar-refractivity contribution >= 4 is 23.9 Å². The molecule has 0 saturated heterocycles. The molecule has 0 fully saturated rings. The third-order valence-corrected chi connectivity index (χ3v) is 4.92. The van der Waals surface area contributed by atoms with Crippen LogP contribution in [0.5, 0.6) is 23.0 Å². The van der Waals surface area contributed by atoms with Crippen molar-refractivity contribution in [1.29, 1.82) is 0 Å². The molecule has 0 heterocycles. The van der Waals surface area contributed by atoms with E-state index >= 15 is 0 Å². The smallest absolute Gasteiger partial charge is 0.338 e. The van der Waals surface area contributed by atoms with Crippen LogP contribution in [0.2, 0.25) is 0 Å².